The fourth-order valence-electron chi connectivity index (χ4n) is 2.08. The fraction of sp³-hybridized carbons (Fsp3) is 0.462. The number of nitrogens with two attached hydrogens (primary N) is 1. The summed E-state index contributed by atoms with van der Waals surface area (Å²) >= 11 is 5.47. The Bertz CT molecular complexity index is 538. The maximum atomic E-state index is 6.04. The number of halogens is 1. The lowest BCUT2D eigenvalue weighted by molar-refractivity contribution is 0.556. The molecular formula is C13H18BrN3S. The van der Waals surface area contributed by atoms with Crippen LogP contribution < -0.4 is 5.73 Å². The van der Waals surface area contributed by atoms with E-state index >= 15 is 0 Å². The highest BCUT2D eigenvalue weighted by Crippen LogP contribution is 2.27. The lowest BCUT2D eigenvalue weighted by Gasteiger charge is -2.15. The Hall–Kier alpha value is -0.680. The van der Waals surface area contributed by atoms with Crippen LogP contribution in [0.3, 0.4) is 0 Å². The predicted octanol–water partition coefficient (Wildman–Crippen LogP) is 4.09. The molecular weight excluding hydrogens is 310 g/mol. The van der Waals surface area contributed by atoms with Crippen molar-refractivity contribution in [1.82, 2.24) is 9.55 Å². The van der Waals surface area contributed by atoms with Gasteiger partial charge in [-0.2, -0.15) is 11.8 Å². The van der Waals surface area contributed by atoms with Crippen LogP contribution in [0, 0.1) is 0 Å². The van der Waals surface area contributed by atoms with Gasteiger partial charge in [0.15, 0.2) is 0 Å². The smallest absolute Gasteiger partial charge is 0.201 e. The third-order valence-corrected chi connectivity index (χ3v) is 4.43. The summed E-state index contributed by atoms with van der Waals surface area (Å²) in [5.74, 6) is 2.93. The minimum atomic E-state index is 0.378. The number of imidazole rings is 1. The van der Waals surface area contributed by atoms with Gasteiger partial charge in [-0.05, 0) is 43.0 Å². The summed E-state index contributed by atoms with van der Waals surface area (Å²) in [6.07, 6.45) is 1.11. The van der Waals surface area contributed by atoms with Crippen molar-refractivity contribution in [3.63, 3.8) is 0 Å². The molecule has 0 radical (unpaired) electrons. The number of hydrogen-bond acceptors (Lipinski definition) is 3. The van der Waals surface area contributed by atoms with Crippen LogP contribution in [0.25, 0.3) is 11.0 Å². The van der Waals surface area contributed by atoms with Gasteiger partial charge < -0.3 is 10.3 Å². The zero-order valence-electron chi connectivity index (χ0n) is 10.7. The van der Waals surface area contributed by atoms with E-state index in [-0.39, 0.29) is 0 Å². The van der Waals surface area contributed by atoms with Gasteiger partial charge in [-0.1, -0.05) is 22.9 Å². The van der Waals surface area contributed by atoms with E-state index in [1.54, 1.807) is 0 Å². The van der Waals surface area contributed by atoms with E-state index in [0.29, 0.717) is 12.0 Å². The third kappa shape index (κ3) is 2.83. The number of aromatic nitrogens is 2. The molecule has 0 spiro atoms. The molecule has 1 aromatic carbocycles. The van der Waals surface area contributed by atoms with E-state index in [4.69, 9.17) is 5.73 Å². The first-order valence-corrected chi connectivity index (χ1v) is 8.09. The van der Waals surface area contributed by atoms with Crippen LogP contribution in [0.2, 0.25) is 0 Å². The molecule has 98 valence electrons. The first-order chi connectivity index (χ1) is 8.63. The maximum Gasteiger partial charge on any atom is 0.201 e. The molecule has 1 unspecified atom stereocenters. The van der Waals surface area contributed by atoms with Crippen molar-refractivity contribution >= 4 is 44.7 Å². The number of thioether (sulfide) groups is 1. The average Bonchev–Trinajstić information content (AvgIpc) is 2.64. The van der Waals surface area contributed by atoms with Crippen molar-refractivity contribution < 1.29 is 0 Å². The molecule has 0 saturated heterocycles. The van der Waals surface area contributed by atoms with Gasteiger partial charge in [0, 0.05) is 10.5 Å². The topological polar surface area (TPSA) is 43.8 Å². The first kappa shape index (κ1) is 13.7. The maximum absolute atomic E-state index is 6.04. The number of nitrogen functional groups attached to an aromatic ring is 1. The van der Waals surface area contributed by atoms with Crippen LogP contribution in [-0.2, 0) is 0 Å². The fourth-order valence-corrected chi connectivity index (χ4v) is 3.22. The van der Waals surface area contributed by atoms with E-state index in [9.17, 15) is 0 Å². The van der Waals surface area contributed by atoms with Gasteiger partial charge >= 0.3 is 0 Å². The number of anilines is 1. The van der Waals surface area contributed by atoms with Gasteiger partial charge in [0.25, 0.3) is 0 Å². The Morgan fingerprint density at radius 3 is 3.00 bits per heavy atom. The summed E-state index contributed by atoms with van der Waals surface area (Å²) < 4.78 is 3.20. The van der Waals surface area contributed by atoms with Crippen LogP contribution in [-0.4, -0.2) is 21.1 Å². The van der Waals surface area contributed by atoms with Gasteiger partial charge in [0.1, 0.15) is 0 Å². The van der Waals surface area contributed by atoms with E-state index < -0.39 is 0 Å². The number of nitrogens with zero attached hydrogens (tertiary/aromatic N) is 2. The molecule has 2 rings (SSSR count). The van der Waals surface area contributed by atoms with Gasteiger partial charge in [0.05, 0.1) is 11.0 Å². The molecule has 2 aromatic rings. The van der Waals surface area contributed by atoms with Crippen LogP contribution in [0.15, 0.2) is 22.7 Å². The molecule has 1 heterocycles. The molecule has 1 aromatic heterocycles. The molecule has 0 bridgehead atoms. The van der Waals surface area contributed by atoms with Crippen LogP contribution in [0.4, 0.5) is 5.95 Å². The van der Waals surface area contributed by atoms with Crippen LogP contribution >= 0.6 is 27.7 Å². The summed E-state index contributed by atoms with van der Waals surface area (Å²) in [5.41, 5.74) is 8.11. The van der Waals surface area contributed by atoms with Crippen molar-refractivity contribution in [2.75, 3.05) is 17.2 Å². The second kappa shape index (κ2) is 5.97. The molecule has 0 aliphatic heterocycles. The monoisotopic (exact) mass is 327 g/mol. The quantitative estimate of drug-likeness (QED) is 0.841. The summed E-state index contributed by atoms with van der Waals surface area (Å²) in [6.45, 7) is 4.39. The zero-order chi connectivity index (χ0) is 13.1. The Morgan fingerprint density at radius 1 is 1.50 bits per heavy atom. The molecule has 1 atom stereocenters. The molecule has 0 fully saturated rings. The molecule has 3 nitrogen and oxygen atoms in total. The summed E-state index contributed by atoms with van der Waals surface area (Å²) in [4.78, 5) is 4.42. The van der Waals surface area contributed by atoms with Crippen molar-refractivity contribution in [1.29, 1.82) is 0 Å². The second-order valence-electron chi connectivity index (χ2n) is 4.31. The van der Waals surface area contributed by atoms with Crippen molar-refractivity contribution in [3.8, 4) is 0 Å². The second-order valence-corrected chi connectivity index (χ2v) is 6.62. The highest BCUT2D eigenvalue weighted by Gasteiger charge is 2.13. The lowest BCUT2D eigenvalue weighted by Crippen LogP contribution is -2.09. The third-order valence-electron chi connectivity index (χ3n) is 3.00. The number of benzene rings is 1. The predicted molar refractivity (Wildman–Crippen MR) is 84.2 cm³/mol. The van der Waals surface area contributed by atoms with E-state index in [2.05, 4.69) is 45.4 Å². The number of fused-ring (bicyclic) bond motifs is 1. The first-order valence-electron chi connectivity index (χ1n) is 6.14. The van der Waals surface area contributed by atoms with E-state index in [1.807, 2.05) is 23.9 Å². The van der Waals surface area contributed by atoms with Gasteiger partial charge in [-0.15, -0.1) is 0 Å². The largest absolute Gasteiger partial charge is 0.369 e. The molecule has 0 saturated carbocycles. The average molecular weight is 328 g/mol. The zero-order valence-corrected chi connectivity index (χ0v) is 13.1. The number of rotatable bonds is 5. The van der Waals surface area contributed by atoms with Crippen molar-refractivity contribution in [2.24, 2.45) is 0 Å². The van der Waals surface area contributed by atoms with Crippen molar-refractivity contribution in [3.05, 3.63) is 22.7 Å². The molecule has 0 aliphatic carbocycles. The molecule has 18 heavy (non-hydrogen) atoms. The summed E-state index contributed by atoms with van der Waals surface area (Å²) in [6, 6.07) is 6.46. The molecule has 5 heteroatoms. The Balaban J connectivity index is 2.30. The molecule has 0 aliphatic rings. The minimum absolute atomic E-state index is 0.378. The van der Waals surface area contributed by atoms with E-state index in [1.165, 1.54) is 5.75 Å². The Labute approximate surface area is 120 Å². The Morgan fingerprint density at radius 2 is 2.28 bits per heavy atom. The van der Waals surface area contributed by atoms with Gasteiger partial charge in [-0.25, -0.2) is 4.98 Å². The minimum Gasteiger partial charge on any atom is -0.369 e. The number of hydrogen-bond donors (Lipinski definition) is 1. The van der Waals surface area contributed by atoms with Crippen LogP contribution in [0.5, 0.6) is 0 Å². The normalized spacial score (nSPS) is 13.1. The standard InChI is InChI=1S/C13H18BrN3S/c1-3-18-7-6-9(2)17-12-8-10(14)4-5-11(12)16-13(17)15/h4-5,8-9H,3,6-7H2,1-2H3,(H2,15,16). The highest BCUT2D eigenvalue weighted by molar-refractivity contribution is 9.10. The lowest BCUT2D eigenvalue weighted by atomic mass is 10.2. The van der Waals surface area contributed by atoms with Crippen molar-refractivity contribution in [2.45, 2.75) is 26.3 Å². The summed E-state index contributed by atoms with van der Waals surface area (Å²) in [5, 5.41) is 0. The molecule has 0 amide bonds. The van der Waals surface area contributed by atoms with Gasteiger partial charge in [0.2, 0.25) is 5.95 Å². The Kier molecular flexibility index (Phi) is 4.56. The SMILES string of the molecule is CCSCCC(C)n1c(N)nc2ccc(Br)cc21. The summed E-state index contributed by atoms with van der Waals surface area (Å²) in [7, 11) is 0. The van der Waals surface area contributed by atoms with E-state index in [0.717, 1.165) is 27.7 Å². The highest BCUT2D eigenvalue weighted by atomic mass is 79.9. The van der Waals surface area contributed by atoms with Gasteiger partial charge in [-0.3, -0.25) is 0 Å². The van der Waals surface area contributed by atoms with Crippen LogP contribution in [0.1, 0.15) is 26.3 Å². The molecule has 2 N–H and O–H groups in total.